The van der Waals surface area contributed by atoms with Gasteiger partial charge in [-0.2, -0.15) is 9.49 Å². The van der Waals surface area contributed by atoms with Crippen LogP contribution in [0.25, 0.3) is 11.1 Å². The number of nitrogens with two attached hydrogens (primary N) is 1. The Bertz CT molecular complexity index is 1400. The summed E-state index contributed by atoms with van der Waals surface area (Å²) in [5, 5.41) is 10.3. The number of aliphatic imine (C=N–C) groups is 1. The first kappa shape index (κ1) is 38.2. The largest absolute Gasteiger partial charge is 0.405 e. The van der Waals surface area contributed by atoms with Crippen molar-refractivity contribution in [3.8, 4) is 11.1 Å². The molecule has 1 fully saturated rings. The zero-order chi connectivity index (χ0) is 34.6. The first-order chi connectivity index (χ1) is 22.4. The third-order valence-electron chi connectivity index (χ3n) is 8.37. The third-order valence-corrected chi connectivity index (χ3v) is 9.76. The number of hydrogen-bond donors (Lipinski definition) is 3. The molecule has 2 amide bonds. The van der Waals surface area contributed by atoms with Crippen molar-refractivity contribution < 1.29 is 23.5 Å². The lowest BCUT2D eigenvalue weighted by molar-refractivity contribution is -0.124. The molecule has 47 heavy (non-hydrogen) atoms. The summed E-state index contributed by atoms with van der Waals surface area (Å²) in [7, 11) is 0.931. The monoisotopic (exact) mass is 675 g/mol. The summed E-state index contributed by atoms with van der Waals surface area (Å²) in [6.45, 7) is 7.82. The molecule has 0 spiro atoms. The summed E-state index contributed by atoms with van der Waals surface area (Å²) in [6, 6.07) is 2.33. The zero-order valence-corrected chi connectivity index (χ0v) is 29.9. The van der Waals surface area contributed by atoms with Gasteiger partial charge in [-0.1, -0.05) is 26.7 Å². The summed E-state index contributed by atoms with van der Waals surface area (Å²) < 4.78 is 28.4. The van der Waals surface area contributed by atoms with Crippen molar-refractivity contribution in [2.75, 3.05) is 56.7 Å². The highest BCUT2D eigenvalue weighted by atomic mass is 32.3. The molecule has 1 aliphatic carbocycles. The number of ether oxygens (including phenoxy) is 2. The van der Waals surface area contributed by atoms with Crippen LogP contribution in [0, 0.1) is 24.7 Å². The number of methoxy groups -OCH3 is 1. The average molecular weight is 676 g/mol. The van der Waals surface area contributed by atoms with Gasteiger partial charge >= 0.3 is 0 Å². The number of anilines is 1. The van der Waals surface area contributed by atoms with E-state index in [-0.39, 0.29) is 24.2 Å². The Labute approximate surface area is 280 Å². The summed E-state index contributed by atoms with van der Waals surface area (Å²) in [4.78, 5) is 35.5. The highest BCUT2D eigenvalue weighted by molar-refractivity contribution is 8.32. The quantitative estimate of drug-likeness (QED) is 0.124. The summed E-state index contributed by atoms with van der Waals surface area (Å²) in [6.07, 6.45) is 14.1. The van der Waals surface area contributed by atoms with Gasteiger partial charge in [-0.05, 0) is 87.6 Å². The van der Waals surface area contributed by atoms with E-state index in [1.54, 1.807) is 23.9 Å². The van der Waals surface area contributed by atoms with E-state index in [9.17, 15) is 9.59 Å². The molecule has 0 bridgehead atoms. The SMILES string of the molecule is CCc1c(-c2ccc(NC(=O)[C@@H](NC(=O)C(C=CN)=NCCCOC)C3CCC(C)CC3)nc2F)c(C)nn1COCCS(C)(C)C. The maximum atomic E-state index is 15.7. The fraction of sp³-hybridized carbons (Fsp3) is 0.618. The van der Waals surface area contributed by atoms with E-state index in [0.29, 0.717) is 55.3 Å². The van der Waals surface area contributed by atoms with E-state index >= 15 is 4.39 Å². The first-order valence-electron chi connectivity index (χ1n) is 16.4. The molecule has 11 nitrogen and oxygen atoms in total. The average Bonchev–Trinajstić information content (AvgIpc) is 3.34. The van der Waals surface area contributed by atoms with E-state index in [4.69, 9.17) is 15.2 Å². The molecule has 262 valence electrons. The highest BCUT2D eigenvalue weighted by Crippen LogP contribution is 2.34. The fourth-order valence-corrected chi connectivity index (χ4v) is 6.35. The molecule has 2 aromatic heterocycles. The van der Waals surface area contributed by atoms with Crippen LogP contribution in [0.2, 0.25) is 0 Å². The Kier molecular flexibility index (Phi) is 14.9. The number of nitrogens with zero attached hydrogens (tertiary/aromatic N) is 4. The minimum atomic E-state index is -0.859. The number of aromatic nitrogens is 3. The Morgan fingerprint density at radius 1 is 1.21 bits per heavy atom. The first-order valence-corrected chi connectivity index (χ1v) is 19.4. The van der Waals surface area contributed by atoms with Gasteiger partial charge in [0.2, 0.25) is 11.9 Å². The van der Waals surface area contributed by atoms with Crippen molar-refractivity contribution in [3.05, 3.63) is 41.7 Å². The minimum Gasteiger partial charge on any atom is -0.405 e. The molecule has 3 rings (SSSR count). The van der Waals surface area contributed by atoms with Crippen LogP contribution in [-0.4, -0.2) is 89.7 Å². The molecule has 1 saturated carbocycles. The van der Waals surface area contributed by atoms with E-state index < -0.39 is 33.8 Å². The summed E-state index contributed by atoms with van der Waals surface area (Å²) in [5.74, 6) is -0.172. The normalized spacial score (nSPS) is 18.3. The van der Waals surface area contributed by atoms with Gasteiger partial charge < -0.3 is 25.8 Å². The second kappa shape index (κ2) is 18.3. The lowest BCUT2D eigenvalue weighted by Gasteiger charge is -2.32. The van der Waals surface area contributed by atoms with Gasteiger partial charge in [0, 0.05) is 42.8 Å². The maximum absolute atomic E-state index is 15.7. The molecule has 0 radical (unpaired) electrons. The van der Waals surface area contributed by atoms with Crippen LogP contribution in [0.3, 0.4) is 0 Å². The van der Waals surface area contributed by atoms with Crippen LogP contribution < -0.4 is 16.4 Å². The van der Waals surface area contributed by atoms with Crippen LogP contribution >= 0.6 is 10.0 Å². The number of carbonyl (C=O) groups excluding carboxylic acids is 2. The Hall–Kier alpha value is -3.29. The molecule has 1 aliphatic rings. The minimum absolute atomic E-state index is 0.0612. The van der Waals surface area contributed by atoms with E-state index in [1.807, 2.05) is 13.8 Å². The predicted octanol–water partition coefficient (Wildman–Crippen LogP) is 4.82. The van der Waals surface area contributed by atoms with Crippen LogP contribution in [0.1, 0.15) is 57.3 Å². The molecule has 0 aromatic carbocycles. The summed E-state index contributed by atoms with van der Waals surface area (Å²) in [5.41, 5.74) is 8.21. The molecule has 0 saturated heterocycles. The number of hydrogen-bond acceptors (Lipinski definition) is 8. The number of rotatable bonds is 17. The van der Waals surface area contributed by atoms with Crippen LogP contribution in [0.4, 0.5) is 10.2 Å². The van der Waals surface area contributed by atoms with Gasteiger partial charge in [0.05, 0.1) is 12.3 Å². The lowest BCUT2D eigenvalue weighted by atomic mass is 9.79. The third kappa shape index (κ3) is 11.4. The lowest BCUT2D eigenvalue weighted by Crippen LogP contribution is -2.51. The molecular formula is C34H54FN7O4S. The van der Waals surface area contributed by atoms with Gasteiger partial charge in [0.1, 0.15) is 24.3 Å². The Morgan fingerprint density at radius 3 is 2.55 bits per heavy atom. The summed E-state index contributed by atoms with van der Waals surface area (Å²) >= 11 is 0. The standard InChI is InChI=1S/C34H54FN7O4S/c1-8-28-30(24(3)41-42(28)22-46-20-21-47(5,6)7)26-14-15-29(38-32(26)35)39-34(44)31(25-12-10-23(2)11-13-25)40-33(43)27(16-17-36)37-18-9-19-45-4/h14-17,23,25,31H,8-13,18-22,36H2,1-7H3,(H,40,43)(H,38,39,44)/t23?,25?,31-/m0/s1. The molecule has 4 N–H and O–H groups in total. The maximum Gasteiger partial charge on any atom is 0.270 e. The molecule has 1 atom stereocenters. The highest BCUT2D eigenvalue weighted by Gasteiger charge is 2.33. The number of pyridine rings is 1. The van der Waals surface area contributed by atoms with Crippen molar-refractivity contribution in [1.82, 2.24) is 20.1 Å². The molecular weight excluding hydrogens is 621 g/mol. The second-order valence-corrected chi connectivity index (χ2v) is 17.6. The van der Waals surface area contributed by atoms with Crippen LogP contribution in [-0.2, 0) is 32.2 Å². The predicted molar refractivity (Wildman–Crippen MR) is 190 cm³/mol. The topological polar surface area (TPSA) is 146 Å². The number of halogens is 1. The smallest absolute Gasteiger partial charge is 0.270 e. The van der Waals surface area contributed by atoms with Crippen molar-refractivity contribution in [2.24, 2.45) is 22.6 Å². The van der Waals surface area contributed by atoms with Crippen molar-refractivity contribution in [3.63, 3.8) is 0 Å². The second-order valence-electron chi connectivity index (χ2n) is 13.1. The van der Waals surface area contributed by atoms with Gasteiger partial charge in [-0.25, -0.2) is 19.7 Å². The molecule has 0 unspecified atom stereocenters. The Morgan fingerprint density at radius 2 is 1.94 bits per heavy atom. The number of carbonyl (C=O) groups is 2. The number of nitrogens with one attached hydrogen (secondary N) is 2. The molecule has 13 heteroatoms. The van der Waals surface area contributed by atoms with Gasteiger partial charge in [0.25, 0.3) is 5.91 Å². The van der Waals surface area contributed by atoms with Gasteiger partial charge in [-0.15, -0.1) is 0 Å². The number of aryl methyl sites for hydroxylation is 1. The zero-order valence-electron chi connectivity index (χ0n) is 29.1. The van der Waals surface area contributed by atoms with Crippen LogP contribution in [0.5, 0.6) is 0 Å². The molecule has 2 aromatic rings. The van der Waals surface area contributed by atoms with Gasteiger partial charge in [-0.3, -0.25) is 14.6 Å². The van der Waals surface area contributed by atoms with Crippen molar-refractivity contribution in [2.45, 2.75) is 72.1 Å². The Balaban J connectivity index is 1.80. The fourth-order valence-electron chi connectivity index (χ4n) is 5.73. The van der Waals surface area contributed by atoms with Gasteiger partial charge in [0.15, 0.2) is 0 Å². The van der Waals surface area contributed by atoms with E-state index in [2.05, 4.69) is 51.4 Å². The van der Waals surface area contributed by atoms with Crippen molar-refractivity contribution >= 4 is 33.4 Å². The van der Waals surface area contributed by atoms with E-state index in [1.165, 1.54) is 12.3 Å². The van der Waals surface area contributed by atoms with Crippen LogP contribution in [0.15, 0.2) is 29.4 Å². The molecule has 2 heterocycles. The van der Waals surface area contributed by atoms with Crippen molar-refractivity contribution in [1.29, 1.82) is 0 Å². The van der Waals surface area contributed by atoms with E-state index in [0.717, 1.165) is 37.1 Å². The number of amides is 2. The molecule has 0 aliphatic heterocycles.